The Morgan fingerprint density at radius 3 is 3.00 bits per heavy atom. The molecular formula is C19H26N2OS. The van der Waals surface area contributed by atoms with Crippen LogP contribution in [0.15, 0.2) is 35.2 Å². The molecule has 1 saturated carbocycles. The van der Waals surface area contributed by atoms with Crippen molar-refractivity contribution in [2.24, 2.45) is 11.8 Å². The highest BCUT2D eigenvalue weighted by Gasteiger charge is 2.38. The molecule has 3 atom stereocenters. The third kappa shape index (κ3) is 3.48. The molecule has 0 spiro atoms. The van der Waals surface area contributed by atoms with Crippen LogP contribution in [-0.2, 0) is 4.79 Å². The van der Waals surface area contributed by atoms with E-state index in [0.717, 1.165) is 41.0 Å². The van der Waals surface area contributed by atoms with Gasteiger partial charge in [-0.3, -0.25) is 4.79 Å². The highest BCUT2D eigenvalue weighted by Crippen LogP contribution is 2.37. The van der Waals surface area contributed by atoms with Crippen LogP contribution < -0.4 is 10.6 Å². The van der Waals surface area contributed by atoms with Crippen molar-refractivity contribution in [3.63, 3.8) is 0 Å². The van der Waals surface area contributed by atoms with E-state index in [4.69, 9.17) is 0 Å². The van der Waals surface area contributed by atoms with E-state index >= 15 is 0 Å². The molecule has 1 aliphatic carbocycles. The van der Waals surface area contributed by atoms with E-state index in [0.29, 0.717) is 6.04 Å². The summed E-state index contributed by atoms with van der Waals surface area (Å²) < 4.78 is 0. The van der Waals surface area contributed by atoms with Crippen molar-refractivity contribution >= 4 is 23.2 Å². The second kappa shape index (κ2) is 7.54. The van der Waals surface area contributed by atoms with Crippen LogP contribution in [-0.4, -0.2) is 31.3 Å². The number of amides is 1. The van der Waals surface area contributed by atoms with E-state index in [1.165, 1.54) is 19.3 Å². The largest absolute Gasteiger partial charge is 0.350 e. The first-order valence-electron chi connectivity index (χ1n) is 8.56. The zero-order valence-corrected chi connectivity index (χ0v) is 14.8. The lowest BCUT2D eigenvalue weighted by Crippen LogP contribution is -2.40. The quantitative estimate of drug-likeness (QED) is 0.643. The van der Waals surface area contributed by atoms with Crippen LogP contribution in [0.25, 0.3) is 5.57 Å². The van der Waals surface area contributed by atoms with Gasteiger partial charge in [-0.2, -0.15) is 0 Å². The predicted molar refractivity (Wildman–Crippen MR) is 97.5 cm³/mol. The number of hydrogen-bond donors (Lipinski definition) is 2. The van der Waals surface area contributed by atoms with Crippen LogP contribution in [0, 0.1) is 11.8 Å². The lowest BCUT2D eigenvalue weighted by molar-refractivity contribution is -0.115. The van der Waals surface area contributed by atoms with Crippen molar-refractivity contribution in [1.82, 2.24) is 10.6 Å². The van der Waals surface area contributed by atoms with Gasteiger partial charge in [0.25, 0.3) is 5.91 Å². The van der Waals surface area contributed by atoms with Gasteiger partial charge in [-0.15, -0.1) is 11.8 Å². The molecule has 1 amide bonds. The van der Waals surface area contributed by atoms with Crippen molar-refractivity contribution in [2.45, 2.75) is 37.1 Å². The zero-order valence-electron chi connectivity index (χ0n) is 14.0. The van der Waals surface area contributed by atoms with E-state index in [1.54, 1.807) is 11.8 Å². The predicted octanol–water partition coefficient (Wildman–Crippen LogP) is 3.32. The zero-order chi connectivity index (χ0) is 16.2. The minimum Gasteiger partial charge on any atom is -0.350 e. The normalized spacial score (nSPS) is 27.0. The van der Waals surface area contributed by atoms with Crippen LogP contribution in [0.5, 0.6) is 0 Å². The van der Waals surface area contributed by atoms with E-state index in [1.807, 2.05) is 37.5 Å². The van der Waals surface area contributed by atoms with Gasteiger partial charge >= 0.3 is 0 Å². The first-order valence-corrected chi connectivity index (χ1v) is 9.78. The topological polar surface area (TPSA) is 41.1 Å². The minimum atomic E-state index is 0.0391. The van der Waals surface area contributed by atoms with Gasteiger partial charge in [0, 0.05) is 28.6 Å². The Bertz CT molecular complexity index is 599. The molecule has 1 heterocycles. The summed E-state index contributed by atoms with van der Waals surface area (Å²) in [6.45, 7) is 3.79. The summed E-state index contributed by atoms with van der Waals surface area (Å²) in [7, 11) is 0. The molecule has 3 nitrogen and oxygen atoms in total. The second-order valence-electron chi connectivity index (χ2n) is 6.48. The third-order valence-corrected chi connectivity index (χ3v) is 6.09. The number of allylic oxidation sites excluding steroid dienone is 1. The Balaban J connectivity index is 1.64. The smallest absolute Gasteiger partial charge is 0.251 e. The number of nitrogens with one attached hydrogen (secondary N) is 2. The number of benzene rings is 1. The summed E-state index contributed by atoms with van der Waals surface area (Å²) in [5, 5.41) is 6.75. The number of carbonyl (C=O) groups is 1. The average Bonchev–Trinajstić information content (AvgIpc) is 3.18. The van der Waals surface area contributed by atoms with E-state index < -0.39 is 0 Å². The molecule has 2 aliphatic rings. The molecule has 124 valence electrons. The third-order valence-electron chi connectivity index (χ3n) is 5.29. The standard InChI is InChI=1S/C19H26N2OS/c1-3-14(16-8-4-5-10-18(16)23-2)19(22)21-12-17-15-9-6-7-13(15)11-20-17/h3-5,8,10,13,15,17,20H,6-7,9,11-12H2,1-2H3,(H,21,22)/t13-,15-,17+/m0/s1. The fourth-order valence-electron chi connectivity index (χ4n) is 4.10. The van der Waals surface area contributed by atoms with Crippen LogP contribution >= 0.6 is 11.8 Å². The molecule has 1 saturated heterocycles. The Hall–Kier alpha value is -1.26. The molecule has 0 aromatic heterocycles. The van der Waals surface area contributed by atoms with Gasteiger partial charge in [0.15, 0.2) is 0 Å². The maximum absolute atomic E-state index is 12.7. The van der Waals surface area contributed by atoms with Crippen LogP contribution in [0.1, 0.15) is 31.7 Å². The molecule has 0 bridgehead atoms. The fourth-order valence-corrected chi connectivity index (χ4v) is 4.71. The lowest BCUT2D eigenvalue weighted by atomic mass is 9.94. The molecule has 4 heteroatoms. The Morgan fingerprint density at radius 1 is 1.39 bits per heavy atom. The van der Waals surface area contributed by atoms with E-state index in [2.05, 4.69) is 16.7 Å². The maximum Gasteiger partial charge on any atom is 0.251 e. The number of hydrogen-bond acceptors (Lipinski definition) is 3. The van der Waals surface area contributed by atoms with Crippen molar-refractivity contribution in [3.05, 3.63) is 35.9 Å². The average molecular weight is 330 g/mol. The second-order valence-corrected chi connectivity index (χ2v) is 7.33. The SMILES string of the molecule is CC=C(C(=O)NC[C@H]1NC[C@@H]2CCC[C@@H]21)c1ccccc1SC. The molecule has 2 N–H and O–H groups in total. The molecule has 1 aromatic carbocycles. The monoisotopic (exact) mass is 330 g/mol. The van der Waals surface area contributed by atoms with Crippen LogP contribution in [0.2, 0.25) is 0 Å². The van der Waals surface area contributed by atoms with Crippen molar-refractivity contribution in [1.29, 1.82) is 0 Å². The van der Waals surface area contributed by atoms with Gasteiger partial charge in [-0.1, -0.05) is 30.7 Å². The van der Waals surface area contributed by atoms with E-state index in [9.17, 15) is 4.79 Å². The van der Waals surface area contributed by atoms with E-state index in [-0.39, 0.29) is 5.91 Å². The van der Waals surface area contributed by atoms with Crippen molar-refractivity contribution in [2.75, 3.05) is 19.3 Å². The molecule has 23 heavy (non-hydrogen) atoms. The molecule has 0 radical (unpaired) electrons. The number of rotatable bonds is 5. The number of fused-ring (bicyclic) bond motifs is 1. The maximum atomic E-state index is 12.7. The highest BCUT2D eigenvalue weighted by molar-refractivity contribution is 7.98. The molecule has 0 unspecified atom stereocenters. The lowest BCUT2D eigenvalue weighted by Gasteiger charge is -2.19. The number of carbonyl (C=O) groups excluding carboxylic acids is 1. The Labute approximate surface area is 143 Å². The summed E-state index contributed by atoms with van der Waals surface area (Å²) in [4.78, 5) is 13.8. The Morgan fingerprint density at radius 2 is 2.22 bits per heavy atom. The van der Waals surface area contributed by atoms with Gasteiger partial charge in [0.05, 0.1) is 0 Å². The first kappa shape index (κ1) is 16.6. The van der Waals surface area contributed by atoms with Gasteiger partial charge in [0.1, 0.15) is 0 Å². The Kier molecular flexibility index (Phi) is 5.44. The summed E-state index contributed by atoms with van der Waals surface area (Å²) >= 11 is 1.68. The van der Waals surface area contributed by atoms with Gasteiger partial charge < -0.3 is 10.6 Å². The van der Waals surface area contributed by atoms with Gasteiger partial charge in [-0.25, -0.2) is 0 Å². The molecular weight excluding hydrogens is 304 g/mol. The minimum absolute atomic E-state index is 0.0391. The molecule has 2 fully saturated rings. The van der Waals surface area contributed by atoms with Crippen LogP contribution in [0.3, 0.4) is 0 Å². The van der Waals surface area contributed by atoms with Crippen molar-refractivity contribution < 1.29 is 4.79 Å². The van der Waals surface area contributed by atoms with Crippen molar-refractivity contribution in [3.8, 4) is 0 Å². The molecule has 3 rings (SSSR count). The highest BCUT2D eigenvalue weighted by atomic mass is 32.2. The summed E-state index contributed by atoms with van der Waals surface area (Å²) in [5.41, 5.74) is 1.80. The van der Waals surface area contributed by atoms with Gasteiger partial charge in [-0.05, 0) is 50.5 Å². The summed E-state index contributed by atoms with van der Waals surface area (Å²) in [6.07, 6.45) is 7.98. The summed E-state index contributed by atoms with van der Waals surface area (Å²) in [6, 6.07) is 8.55. The fraction of sp³-hybridized carbons (Fsp3) is 0.526. The first-order chi connectivity index (χ1) is 11.2. The molecule has 1 aliphatic heterocycles. The number of thioether (sulfide) groups is 1. The van der Waals surface area contributed by atoms with Crippen LogP contribution in [0.4, 0.5) is 0 Å². The van der Waals surface area contributed by atoms with Gasteiger partial charge in [0.2, 0.25) is 0 Å². The molecule has 1 aromatic rings. The summed E-state index contributed by atoms with van der Waals surface area (Å²) in [5.74, 6) is 1.62.